The van der Waals surface area contributed by atoms with Crippen LogP contribution in [-0.2, 0) is 4.74 Å². The average molecular weight is 350 g/mol. The van der Waals surface area contributed by atoms with E-state index in [0.29, 0.717) is 35.3 Å². The molecular formula is C18H17Cl2NO2. The molecule has 1 fully saturated rings. The predicted octanol–water partition coefficient (Wildman–Crippen LogP) is 4.52. The van der Waals surface area contributed by atoms with E-state index in [1.54, 1.807) is 23.1 Å². The van der Waals surface area contributed by atoms with Crippen LogP contribution in [0.5, 0.6) is 0 Å². The van der Waals surface area contributed by atoms with E-state index in [1.807, 2.05) is 19.1 Å². The molecule has 5 heteroatoms. The standard InChI is InChI=1S/C18H17Cl2NO2/c1-12-2-4-13(5-3-12)17-11-21(8-9-23-17)18(22)14-6-7-15(19)16(20)10-14/h2-7,10,17H,8-9,11H2,1H3. The van der Waals surface area contributed by atoms with E-state index in [9.17, 15) is 4.79 Å². The number of carbonyl (C=O) groups is 1. The molecule has 1 aliphatic rings. The second-order valence-electron chi connectivity index (χ2n) is 5.65. The zero-order valence-electron chi connectivity index (χ0n) is 12.8. The van der Waals surface area contributed by atoms with Gasteiger partial charge in [0.15, 0.2) is 0 Å². The summed E-state index contributed by atoms with van der Waals surface area (Å²) in [6, 6.07) is 13.2. The number of hydrogen-bond acceptors (Lipinski definition) is 2. The van der Waals surface area contributed by atoms with Crippen molar-refractivity contribution in [1.82, 2.24) is 4.90 Å². The van der Waals surface area contributed by atoms with Gasteiger partial charge >= 0.3 is 0 Å². The Balaban J connectivity index is 1.76. The highest BCUT2D eigenvalue weighted by Crippen LogP contribution is 2.26. The first-order valence-electron chi connectivity index (χ1n) is 7.47. The fraction of sp³-hybridized carbons (Fsp3) is 0.278. The number of hydrogen-bond donors (Lipinski definition) is 0. The number of halogens is 2. The van der Waals surface area contributed by atoms with E-state index >= 15 is 0 Å². The van der Waals surface area contributed by atoms with Gasteiger partial charge in [-0.1, -0.05) is 53.0 Å². The highest BCUT2D eigenvalue weighted by atomic mass is 35.5. The summed E-state index contributed by atoms with van der Waals surface area (Å²) in [6.07, 6.45) is -0.101. The van der Waals surface area contributed by atoms with Crippen molar-refractivity contribution in [2.75, 3.05) is 19.7 Å². The van der Waals surface area contributed by atoms with Crippen LogP contribution >= 0.6 is 23.2 Å². The Kier molecular flexibility index (Phi) is 4.90. The number of nitrogens with zero attached hydrogens (tertiary/aromatic N) is 1. The number of rotatable bonds is 2. The van der Waals surface area contributed by atoms with Crippen LogP contribution in [0.1, 0.15) is 27.6 Å². The van der Waals surface area contributed by atoms with Crippen molar-refractivity contribution in [2.45, 2.75) is 13.0 Å². The number of carbonyl (C=O) groups excluding carboxylic acids is 1. The summed E-state index contributed by atoms with van der Waals surface area (Å²) in [6.45, 7) is 3.67. The van der Waals surface area contributed by atoms with Crippen molar-refractivity contribution < 1.29 is 9.53 Å². The molecule has 1 heterocycles. The molecule has 1 aliphatic heterocycles. The minimum Gasteiger partial charge on any atom is -0.370 e. The van der Waals surface area contributed by atoms with E-state index in [0.717, 1.165) is 5.56 Å². The molecule has 120 valence electrons. The Bertz CT molecular complexity index is 715. The van der Waals surface area contributed by atoms with Crippen molar-refractivity contribution in [2.24, 2.45) is 0 Å². The first-order chi connectivity index (χ1) is 11.0. The van der Waals surface area contributed by atoms with E-state index < -0.39 is 0 Å². The molecule has 23 heavy (non-hydrogen) atoms. The maximum atomic E-state index is 12.7. The third kappa shape index (κ3) is 3.69. The smallest absolute Gasteiger partial charge is 0.254 e. The lowest BCUT2D eigenvalue weighted by molar-refractivity contribution is -0.0228. The van der Waals surface area contributed by atoms with Crippen LogP contribution in [0, 0.1) is 6.92 Å². The quantitative estimate of drug-likeness (QED) is 0.797. The van der Waals surface area contributed by atoms with Crippen LogP contribution in [0.25, 0.3) is 0 Å². The Labute approximate surface area is 145 Å². The molecule has 2 aromatic rings. The Morgan fingerprint density at radius 1 is 1.13 bits per heavy atom. The molecule has 3 nitrogen and oxygen atoms in total. The van der Waals surface area contributed by atoms with Crippen molar-refractivity contribution in [3.63, 3.8) is 0 Å². The zero-order chi connectivity index (χ0) is 16.4. The molecule has 0 radical (unpaired) electrons. The first-order valence-corrected chi connectivity index (χ1v) is 8.22. The van der Waals surface area contributed by atoms with Gasteiger partial charge in [0.1, 0.15) is 6.10 Å². The normalized spacial score (nSPS) is 18.0. The highest BCUT2D eigenvalue weighted by Gasteiger charge is 2.26. The molecule has 1 saturated heterocycles. The predicted molar refractivity (Wildman–Crippen MR) is 92.2 cm³/mol. The summed E-state index contributed by atoms with van der Waals surface area (Å²) < 4.78 is 5.82. The summed E-state index contributed by atoms with van der Waals surface area (Å²) in [4.78, 5) is 14.5. The second-order valence-corrected chi connectivity index (χ2v) is 6.46. The van der Waals surface area contributed by atoms with Crippen LogP contribution in [0.4, 0.5) is 0 Å². The van der Waals surface area contributed by atoms with Crippen molar-refractivity contribution in [3.05, 3.63) is 69.2 Å². The van der Waals surface area contributed by atoms with Gasteiger partial charge in [0.25, 0.3) is 5.91 Å². The molecule has 1 unspecified atom stereocenters. The number of ether oxygens (including phenoxy) is 1. The highest BCUT2D eigenvalue weighted by molar-refractivity contribution is 6.42. The molecule has 0 N–H and O–H groups in total. The number of morpholine rings is 1. The molecular weight excluding hydrogens is 333 g/mol. The first kappa shape index (κ1) is 16.3. The summed E-state index contributed by atoms with van der Waals surface area (Å²) in [5.74, 6) is -0.0519. The van der Waals surface area contributed by atoms with Crippen LogP contribution < -0.4 is 0 Å². The minimum absolute atomic E-state index is 0.0519. The third-order valence-electron chi connectivity index (χ3n) is 3.97. The fourth-order valence-corrected chi connectivity index (χ4v) is 2.93. The number of amides is 1. The Hall–Kier alpha value is -1.55. The Morgan fingerprint density at radius 2 is 1.87 bits per heavy atom. The van der Waals surface area contributed by atoms with Crippen molar-refractivity contribution in [1.29, 1.82) is 0 Å². The van der Waals surface area contributed by atoms with Gasteiger partial charge in [-0.3, -0.25) is 4.79 Å². The molecule has 0 aliphatic carbocycles. The lowest BCUT2D eigenvalue weighted by Gasteiger charge is -2.33. The van der Waals surface area contributed by atoms with Gasteiger partial charge < -0.3 is 9.64 Å². The van der Waals surface area contributed by atoms with E-state index in [-0.39, 0.29) is 12.0 Å². The molecule has 0 spiro atoms. The molecule has 3 rings (SSSR count). The maximum Gasteiger partial charge on any atom is 0.254 e. The van der Waals surface area contributed by atoms with Crippen LogP contribution in [0.3, 0.4) is 0 Å². The molecule has 2 aromatic carbocycles. The van der Waals surface area contributed by atoms with Gasteiger partial charge in [-0.2, -0.15) is 0 Å². The Morgan fingerprint density at radius 3 is 2.57 bits per heavy atom. The summed E-state index contributed by atoms with van der Waals surface area (Å²) in [7, 11) is 0. The molecule has 0 bridgehead atoms. The SMILES string of the molecule is Cc1ccc(C2CN(C(=O)c3ccc(Cl)c(Cl)c3)CCO2)cc1. The van der Waals surface area contributed by atoms with Crippen molar-refractivity contribution in [3.8, 4) is 0 Å². The van der Waals surface area contributed by atoms with Crippen LogP contribution in [0.15, 0.2) is 42.5 Å². The van der Waals surface area contributed by atoms with Crippen molar-refractivity contribution >= 4 is 29.1 Å². The van der Waals surface area contributed by atoms with Crippen LogP contribution in [0.2, 0.25) is 10.0 Å². The summed E-state index contributed by atoms with van der Waals surface area (Å²) >= 11 is 11.9. The van der Waals surface area contributed by atoms with E-state index in [2.05, 4.69) is 12.1 Å². The molecule has 0 saturated carbocycles. The monoisotopic (exact) mass is 349 g/mol. The molecule has 1 amide bonds. The lowest BCUT2D eigenvalue weighted by atomic mass is 10.1. The maximum absolute atomic E-state index is 12.7. The third-order valence-corrected chi connectivity index (χ3v) is 4.71. The van der Waals surface area contributed by atoms with E-state index in [1.165, 1.54) is 5.56 Å². The van der Waals surface area contributed by atoms with Gasteiger partial charge in [-0.15, -0.1) is 0 Å². The minimum atomic E-state index is -0.101. The summed E-state index contributed by atoms with van der Waals surface area (Å²) in [5, 5.41) is 0.837. The number of benzene rings is 2. The number of aryl methyl sites for hydroxylation is 1. The topological polar surface area (TPSA) is 29.5 Å². The fourth-order valence-electron chi connectivity index (χ4n) is 2.63. The van der Waals surface area contributed by atoms with Crippen LogP contribution in [-0.4, -0.2) is 30.5 Å². The van der Waals surface area contributed by atoms with Gasteiger partial charge in [0.05, 0.1) is 23.2 Å². The van der Waals surface area contributed by atoms with E-state index in [4.69, 9.17) is 27.9 Å². The molecule has 0 aromatic heterocycles. The molecule has 1 atom stereocenters. The zero-order valence-corrected chi connectivity index (χ0v) is 14.3. The lowest BCUT2D eigenvalue weighted by Crippen LogP contribution is -2.42. The van der Waals surface area contributed by atoms with Gasteiger partial charge in [0.2, 0.25) is 0 Å². The van der Waals surface area contributed by atoms with Gasteiger partial charge in [-0.05, 0) is 30.7 Å². The average Bonchev–Trinajstić information content (AvgIpc) is 2.57. The van der Waals surface area contributed by atoms with Gasteiger partial charge in [0, 0.05) is 12.1 Å². The summed E-state index contributed by atoms with van der Waals surface area (Å²) in [5.41, 5.74) is 2.83. The largest absolute Gasteiger partial charge is 0.370 e. The second kappa shape index (κ2) is 6.91. The van der Waals surface area contributed by atoms with Gasteiger partial charge in [-0.25, -0.2) is 0 Å².